The summed E-state index contributed by atoms with van der Waals surface area (Å²) in [7, 11) is 1.66. The molecule has 0 aliphatic rings. The van der Waals surface area contributed by atoms with Crippen LogP contribution in [0.25, 0.3) is 0 Å². The van der Waals surface area contributed by atoms with Crippen LogP contribution in [0.1, 0.15) is 30.7 Å². The van der Waals surface area contributed by atoms with Gasteiger partial charge in [0.25, 0.3) is 0 Å². The van der Waals surface area contributed by atoms with Crippen molar-refractivity contribution in [3.63, 3.8) is 0 Å². The summed E-state index contributed by atoms with van der Waals surface area (Å²) in [6.07, 6.45) is 0.461. The molecule has 0 aliphatic heterocycles. The molecule has 2 rings (SSSR count). The zero-order chi connectivity index (χ0) is 18.2. The molecule has 0 saturated carbocycles. The lowest BCUT2D eigenvalue weighted by molar-refractivity contribution is -0.118. The molecule has 1 unspecified atom stereocenters. The maximum Gasteiger partial charge on any atom is 0.167 e. The summed E-state index contributed by atoms with van der Waals surface area (Å²) >= 11 is 3.39. The molecule has 0 bridgehead atoms. The summed E-state index contributed by atoms with van der Waals surface area (Å²) in [5.41, 5.74) is 1.74. The predicted octanol–water partition coefficient (Wildman–Crippen LogP) is 4.28. The van der Waals surface area contributed by atoms with Crippen LogP contribution in [-0.4, -0.2) is 31.1 Å². The van der Waals surface area contributed by atoms with Gasteiger partial charge in [0.15, 0.2) is 5.78 Å². The molecule has 6 heteroatoms. The van der Waals surface area contributed by atoms with Crippen LogP contribution >= 0.6 is 15.9 Å². The fourth-order valence-corrected chi connectivity index (χ4v) is 2.65. The first-order chi connectivity index (χ1) is 12.0. The van der Waals surface area contributed by atoms with Crippen molar-refractivity contribution in [2.24, 2.45) is 0 Å². The van der Waals surface area contributed by atoms with E-state index in [-0.39, 0.29) is 18.5 Å². The Kier molecular flexibility index (Phi) is 7.40. The first kappa shape index (κ1) is 19.4. The summed E-state index contributed by atoms with van der Waals surface area (Å²) in [5.74, 6) is 1.38. The number of rotatable bonds is 9. The van der Waals surface area contributed by atoms with E-state index in [2.05, 4.69) is 20.9 Å². The highest BCUT2D eigenvalue weighted by atomic mass is 79.9. The predicted molar refractivity (Wildman–Crippen MR) is 99.2 cm³/mol. The molecular formula is C19H22BrNO4. The summed E-state index contributed by atoms with van der Waals surface area (Å²) in [4.78, 5) is 15.5. The largest absolute Gasteiger partial charge is 0.486 e. The van der Waals surface area contributed by atoms with Gasteiger partial charge in [-0.05, 0) is 65.7 Å². The third-order valence-corrected chi connectivity index (χ3v) is 3.95. The van der Waals surface area contributed by atoms with E-state index in [1.165, 1.54) is 6.92 Å². The van der Waals surface area contributed by atoms with E-state index in [9.17, 15) is 4.79 Å². The normalized spacial score (nSPS) is 11.8. The molecule has 0 N–H and O–H groups in total. The van der Waals surface area contributed by atoms with E-state index in [4.69, 9.17) is 14.2 Å². The summed E-state index contributed by atoms with van der Waals surface area (Å²) in [6, 6.07) is 11.3. The standard InChI is InChI=1S/C19H22BrNO4/c1-13-11-15(7-8-17(13)24-12-14(2)22)25-18(9-10-23-3)16-5-4-6-19(20)21-16/h4-8,11,18H,9-10,12H2,1-3H3. The van der Waals surface area contributed by atoms with Gasteiger partial charge in [-0.2, -0.15) is 0 Å². The monoisotopic (exact) mass is 407 g/mol. The quantitative estimate of drug-likeness (QED) is 0.580. The van der Waals surface area contributed by atoms with Crippen LogP contribution in [0.2, 0.25) is 0 Å². The minimum Gasteiger partial charge on any atom is -0.486 e. The Balaban J connectivity index is 2.15. The summed E-state index contributed by atoms with van der Waals surface area (Å²) in [5, 5.41) is 0. The van der Waals surface area contributed by atoms with Gasteiger partial charge in [0.2, 0.25) is 0 Å². The second-order valence-electron chi connectivity index (χ2n) is 5.69. The third kappa shape index (κ3) is 6.14. The van der Waals surface area contributed by atoms with Gasteiger partial charge in [-0.15, -0.1) is 0 Å². The van der Waals surface area contributed by atoms with Crippen LogP contribution in [0.5, 0.6) is 11.5 Å². The third-order valence-electron chi connectivity index (χ3n) is 3.51. The Labute approximate surface area is 156 Å². The lowest BCUT2D eigenvalue weighted by atomic mass is 10.1. The van der Waals surface area contributed by atoms with Crippen LogP contribution in [-0.2, 0) is 9.53 Å². The van der Waals surface area contributed by atoms with Gasteiger partial charge in [0.05, 0.1) is 12.3 Å². The molecule has 134 valence electrons. The molecule has 0 saturated heterocycles. The van der Waals surface area contributed by atoms with Gasteiger partial charge < -0.3 is 14.2 Å². The molecule has 0 radical (unpaired) electrons. The maximum absolute atomic E-state index is 11.1. The second kappa shape index (κ2) is 9.53. The first-order valence-corrected chi connectivity index (χ1v) is 8.80. The minimum absolute atomic E-state index is 0.0138. The SMILES string of the molecule is COCCC(Oc1ccc(OCC(C)=O)c(C)c1)c1cccc(Br)n1. The van der Waals surface area contributed by atoms with Crippen LogP contribution in [0.3, 0.4) is 0 Å². The number of aryl methyl sites for hydroxylation is 1. The Morgan fingerprint density at radius 3 is 2.72 bits per heavy atom. The van der Waals surface area contributed by atoms with Gasteiger partial charge >= 0.3 is 0 Å². The van der Waals surface area contributed by atoms with Crippen molar-refractivity contribution >= 4 is 21.7 Å². The van der Waals surface area contributed by atoms with E-state index in [1.807, 2.05) is 43.3 Å². The van der Waals surface area contributed by atoms with Gasteiger partial charge in [-0.25, -0.2) is 4.98 Å². The van der Waals surface area contributed by atoms with Gasteiger partial charge in [0, 0.05) is 13.5 Å². The highest BCUT2D eigenvalue weighted by Gasteiger charge is 2.16. The van der Waals surface area contributed by atoms with Crippen molar-refractivity contribution in [3.05, 3.63) is 52.3 Å². The molecule has 0 fully saturated rings. The number of hydrogen-bond donors (Lipinski definition) is 0. The fourth-order valence-electron chi connectivity index (χ4n) is 2.30. The molecular weight excluding hydrogens is 386 g/mol. The van der Waals surface area contributed by atoms with Gasteiger partial charge in [-0.1, -0.05) is 6.07 Å². The molecule has 1 aromatic heterocycles. The lowest BCUT2D eigenvalue weighted by Gasteiger charge is -2.19. The average molecular weight is 408 g/mol. The highest BCUT2D eigenvalue weighted by Crippen LogP contribution is 2.29. The van der Waals surface area contributed by atoms with E-state index < -0.39 is 0 Å². The van der Waals surface area contributed by atoms with Crippen molar-refractivity contribution in [2.45, 2.75) is 26.4 Å². The first-order valence-electron chi connectivity index (χ1n) is 8.00. The average Bonchev–Trinajstić information content (AvgIpc) is 2.57. The van der Waals surface area contributed by atoms with Crippen molar-refractivity contribution in [2.75, 3.05) is 20.3 Å². The number of nitrogens with zero attached hydrogens (tertiary/aromatic N) is 1. The molecule has 1 atom stereocenters. The number of halogens is 1. The molecule has 2 aromatic rings. The Morgan fingerprint density at radius 1 is 1.28 bits per heavy atom. The topological polar surface area (TPSA) is 57.7 Å². The molecule has 0 amide bonds. The smallest absolute Gasteiger partial charge is 0.167 e. The number of Topliss-reactive ketones (excluding diaryl/α,β-unsaturated/α-hetero) is 1. The number of methoxy groups -OCH3 is 1. The lowest BCUT2D eigenvalue weighted by Crippen LogP contribution is -2.12. The van der Waals surface area contributed by atoms with Gasteiger partial charge in [-0.3, -0.25) is 4.79 Å². The number of carbonyl (C=O) groups excluding carboxylic acids is 1. The number of hydrogen-bond acceptors (Lipinski definition) is 5. The number of carbonyl (C=O) groups is 1. The maximum atomic E-state index is 11.1. The Hall–Kier alpha value is -1.92. The number of ether oxygens (including phenoxy) is 3. The second-order valence-corrected chi connectivity index (χ2v) is 6.50. The van der Waals surface area contributed by atoms with Crippen LogP contribution in [0, 0.1) is 6.92 Å². The molecule has 25 heavy (non-hydrogen) atoms. The zero-order valence-corrected chi connectivity index (χ0v) is 16.2. The van der Waals surface area contributed by atoms with Crippen molar-refractivity contribution in [1.82, 2.24) is 4.98 Å². The zero-order valence-electron chi connectivity index (χ0n) is 14.6. The summed E-state index contributed by atoms with van der Waals surface area (Å²) < 4.78 is 17.6. The fraction of sp³-hybridized carbons (Fsp3) is 0.368. The molecule has 5 nitrogen and oxygen atoms in total. The molecule has 1 aromatic carbocycles. The molecule has 1 heterocycles. The highest BCUT2D eigenvalue weighted by molar-refractivity contribution is 9.10. The number of ketones is 1. The number of aromatic nitrogens is 1. The minimum atomic E-state index is -0.221. The van der Waals surface area contributed by atoms with Crippen LogP contribution < -0.4 is 9.47 Å². The van der Waals surface area contributed by atoms with Crippen LogP contribution in [0.15, 0.2) is 41.0 Å². The number of benzene rings is 1. The Morgan fingerprint density at radius 2 is 2.08 bits per heavy atom. The van der Waals surface area contributed by atoms with Gasteiger partial charge in [0.1, 0.15) is 28.8 Å². The number of pyridine rings is 1. The van der Waals surface area contributed by atoms with E-state index >= 15 is 0 Å². The van der Waals surface area contributed by atoms with Crippen molar-refractivity contribution in [3.8, 4) is 11.5 Å². The van der Waals surface area contributed by atoms with E-state index in [0.717, 1.165) is 21.6 Å². The Bertz CT molecular complexity index is 720. The van der Waals surface area contributed by atoms with Crippen molar-refractivity contribution < 1.29 is 19.0 Å². The van der Waals surface area contributed by atoms with Crippen molar-refractivity contribution in [1.29, 1.82) is 0 Å². The van der Waals surface area contributed by atoms with Crippen LogP contribution in [0.4, 0.5) is 0 Å². The van der Waals surface area contributed by atoms with E-state index in [1.54, 1.807) is 7.11 Å². The van der Waals surface area contributed by atoms with E-state index in [0.29, 0.717) is 18.8 Å². The summed E-state index contributed by atoms with van der Waals surface area (Å²) in [6.45, 7) is 4.05. The molecule has 0 spiro atoms. The molecule has 0 aliphatic carbocycles.